The van der Waals surface area contributed by atoms with E-state index >= 15 is 0 Å². The summed E-state index contributed by atoms with van der Waals surface area (Å²) in [5.41, 5.74) is 0.477. The summed E-state index contributed by atoms with van der Waals surface area (Å²) in [6, 6.07) is 0.367. The molecule has 0 radical (unpaired) electrons. The number of carbonyl (C=O) groups is 1. The van der Waals surface area contributed by atoms with Crippen LogP contribution >= 0.6 is 0 Å². The van der Waals surface area contributed by atoms with Crippen molar-refractivity contribution in [2.24, 2.45) is 5.92 Å². The summed E-state index contributed by atoms with van der Waals surface area (Å²) in [4.78, 5) is 14.3. The molecule has 1 amide bonds. The Morgan fingerprint density at radius 1 is 1.29 bits per heavy atom. The van der Waals surface area contributed by atoms with Crippen molar-refractivity contribution in [3.8, 4) is 0 Å². The second kappa shape index (κ2) is 6.39. The summed E-state index contributed by atoms with van der Waals surface area (Å²) in [5.74, 6) is 0.553. The van der Waals surface area contributed by atoms with Crippen molar-refractivity contribution >= 4 is 5.91 Å². The normalized spacial score (nSPS) is 21.4. The minimum absolute atomic E-state index is 0.0118. The van der Waals surface area contributed by atoms with Crippen LogP contribution in [-0.2, 0) is 0 Å². The van der Waals surface area contributed by atoms with Gasteiger partial charge in [0.05, 0.1) is 12.2 Å². The van der Waals surface area contributed by atoms with Gasteiger partial charge in [-0.05, 0) is 44.7 Å². The molecule has 0 aliphatic carbocycles. The van der Waals surface area contributed by atoms with Crippen LogP contribution in [0.25, 0.3) is 0 Å². The van der Waals surface area contributed by atoms with Crippen molar-refractivity contribution in [3.05, 3.63) is 24.5 Å². The maximum atomic E-state index is 12.5. The fourth-order valence-corrected chi connectivity index (χ4v) is 3.12. The average Bonchev–Trinajstić information content (AvgIpc) is 3.05. The van der Waals surface area contributed by atoms with E-state index in [9.17, 15) is 4.79 Å². The molecular weight excluding hydrogens is 266 g/mol. The van der Waals surface area contributed by atoms with Gasteiger partial charge in [0, 0.05) is 13.1 Å². The topological polar surface area (TPSA) is 63.1 Å². The smallest absolute Gasteiger partial charge is 0.276 e. The van der Waals surface area contributed by atoms with Gasteiger partial charge >= 0.3 is 0 Å². The molecule has 3 rings (SSSR count). The Labute approximate surface area is 125 Å². The number of nitrogens with one attached hydrogen (secondary N) is 1. The van der Waals surface area contributed by atoms with Gasteiger partial charge < -0.3 is 10.2 Å². The molecule has 0 atom stereocenters. The molecule has 2 fully saturated rings. The first-order chi connectivity index (χ1) is 10.3. The molecule has 0 aromatic carbocycles. The number of amides is 1. The average molecular weight is 289 g/mol. The molecule has 114 valence electrons. The Morgan fingerprint density at radius 3 is 2.67 bits per heavy atom. The molecule has 3 heterocycles. The number of likely N-dealkylation sites (tertiary alicyclic amines) is 1. The van der Waals surface area contributed by atoms with Gasteiger partial charge in [0.25, 0.3) is 5.91 Å². The Bertz CT molecular complexity index is 498. The van der Waals surface area contributed by atoms with E-state index in [-0.39, 0.29) is 5.91 Å². The molecule has 21 heavy (non-hydrogen) atoms. The maximum absolute atomic E-state index is 12.5. The van der Waals surface area contributed by atoms with Crippen LogP contribution < -0.4 is 5.32 Å². The van der Waals surface area contributed by atoms with Crippen molar-refractivity contribution in [2.45, 2.75) is 31.7 Å². The summed E-state index contributed by atoms with van der Waals surface area (Å²) in [6.07, 6.45) is 7.89. The number of hydrogen-bond acceptors (Lipinski definition) is 4. The summed E-state index contributed by atoms with van der Waals surface area (Å²) in [7, 11) is 0. The fourth-order valence-electron chi connectivity index (χ4n) is 3.12. The molecule has 2 saturated heterocycles. The highest BCUT2D eigenvalue weighted by molar-refractivity contribution is 5.92. The molecule has 1 aromatic rings. The number of piperidine rings is 2. The van der Waals surface area contributed by atoms with Crippen molar-refractivity contribution in [3.63, 3.8) is 0 Å². The summed E-state index contributed by atoms with van der Waals surface area (Å²) < 4.78 is 1.87. The van der Waals surface area contributed by atoms with E-state index in [4.69, 9.17) is 0 Å². The Balaban J connectivity index is 1.62. The summed E-state index contributed by atoms with van der Waals surface area (Å²) in [5, 5.41) is 11.6. The van der Waals surface area contributed by atoms with E-state index in [1.807, 2.05) is 21.9 Å². The van der Waals surface area contributed by atoms with E-state index in [2.05, 4.69) is 22.2 Å². The van der Waals surface area contributed by atoms with E-state index < -0.39 is 0 Å². The summed E-state index contributed by atoms with van der Waals surface area (Å²) >= 11 is 0. The largest absolute Gasteiger partial charge is 0.337 e. The molecule has 0 saturated carbocycles. The number of nitrogens with zero attached hydrogens (tertiary/aromatic N) is 4. The SMILES string of the molecule is C=CC1CCN(C(=O)c2cn(C3CCNCC3)nn2)CC1. The zero-order chi connectivity index (χ0) is 14.7. The van der Waals surface area contributed by atoms with Gasteiger partial charge in [-0.15, -0.1) is 11.7 Å². The van der Waals surface area contributed by atoms with Crippen molar-refractivity contribution in [1.29, 1.82) is 0 Å². The molecule has 0 bridgehead atoms. The minimum Gasteiger partial charge on any atom is -0.337 e. The fraction of sp³-hybridized carbons (Fsp3) is 0.667. The van der Waals surface area contributed by atoms with Crippen molar-refractivity contribution in [2.75, 3.05) is 26.2 Å². The zero-order valence-electron chi connectivity index (χ0n) is 12.4. The minimum atomic E-state index is 0.0118. The first-order valence-electron chi connectivity index (χ1n) is 7.82. The Morgan fingerprint density at radius 2 is 2.00 bits per heavy atom. The molecule has 1 aromatic heterocycles. The lowest BCUT2D eigenvalue weighted by atomic mass is 9.97. The molecule has 2 aliphatic heterocycles. The molecular formula is C15H23N5O. The molecule has 0 spiro atoms. The van der Waals surface area contributed by atoms with Gasteiger partial charge in [-0.1, -0.05) is 11.3 Å². The van der Waals surface area contributed by atoms with Gasteiger partial charge in [0.2, 0.25) is 0 Å². The van der Waals surface area contributed by atoms with Crippen LogP contribution in [0, 0.1) is 5.92 Å². The van der Waals surface area contributed by atoms with Crippen LogP contribution in [0.4, 0.5) is 0 Å². The highest BCUT2D eigenvalue weighted by atomic mass is 16.2. The lowest BCUT2D eigenvalue weighted by Gasteiger charge is -2.29. The molecule has 1 N–H and O–H groups in total. The molecule has 0 unspecified atom stereocenters. The van der Waals surface area contributed by atoms with Crippen molar-refractivity contribution < 1.29 is 4.79 Å². The van der Waals surface area contributed by atoms with Gasteiger partial charge in [-0.2, -0.15) is 0 Å². The maximum Gasteiger partial charge on any atom is 0.276 e. The predicted molar refractivity (Wildman–Crippen MR) is 80.0 cm³/mol. The van der Waals surface area contributed by atoms with Crippen LogP contribution in [-0.4, -0.2) is 52.0 Å². The number of hydrogen-bond donors (Lipinski definition) is 1. The molecule has 6 nitrogen and oxygen atoms in total. The van der Waals surface area contributed by atoms with Crippen LogP contribution in [0.1, 0.15) is 42.2 Å². The third kappa shape index (κ3) is 3.15. The van der Waals surface area contributed by atoms with Crippen LogP contribution in [0.3, 0.4) is 0 Å². The standard InChI is InChI=1S/C15H23N5O/c1-2-12-5-9-19(10-6-12)15(21)14-11-20(18-17-14)13-3-7-16-8-4-13/h2,11-13,16H,1,3-10H2. The zero-order valence-corrected chi connectivity index (χ0v) is 12.4. The predicted octanol–water partition coefficient (Wildman–Crippen LogP) is 1.24. The monoisotopic (exact) mass is 289 g/mol. The number of allylic oxidation sites excluding steroid dienone is 1. The molecule has 2 aliphatic rings. The third-order valence-electron chi connectivity index (χ3n) is 4.57. The van der Waals surface area contributed by atoms with E-state index in [1.165, 1.54) is 0 Å². The van der Waals surface area contributed by atoms with E-state index in [0.29, 0.717) is 17.7 Å². The lowest BCUT2D eigenvalue weighted by molar-refractivity contribution is 0.0699. The van der Waals surface area contributed by atoms with Crippen LogP contribution in [0.2, 0.25) is 0 Å². The Hall–Kier alpha value is -1.69. The third-order valence-corrected chi connectivity index (χ3v) is 4.57. The Kier molecular flexibility index (Phi) is 4.34. The van der Waals surface area contributed by atoms with E-state index in [1.54, 1.807) is 0 Å². The number of rotatable bonds is 3. The van der Waals surface area contributed by atoms with Gasteiger partial charge in [0.1, 0.15) is 0 Å². The number of carbonyl (C=O) groups excluding carboxylic acids is 1. The quantitative estimate of drug-likeness (QED) is 0.850. The second-order valence-corrected chi connectivity index (χ2v) is 5.93. The van der Waals surface area contributed by atoms with Gasteiger partial charge in [-0.3, -0.25) is 4.79 Å². The summed E-state index contributed by atoms with van der Waals surface area (Å²) in [6.45, 7) is 7.41. The highest BCUT2D eigenvalue weighted by Gasteiger charge is 2.25. The van der Waals surface area contributed by atoms with Crippen LogP contribution in [0.5, 0.6) is 0 Å². The van der Waals surface area contributed by atoms with Gasteiger partial charge in [0.15, 0.2) is 5.69 Å². The highest BCUT2D eigenvalue weighted by Crippen LogP contribution is 2.20. The number of aromatic nitrogens is 3. The van der Waals surface area contributed by atoms with E-state index in [0.717, 1.165) is 51.9 Å². The lowest BCUT2D eigenvalue weighted by Crippen LogP contribution is -2.38. The van der Waals surface area contributed by atoms with Crippen molar-refractivity contribution in [1.82, 2.24) is 25.2 Å². The second-order valence-electron chi connectivity index (χ2n) is 5.93. The van der Waals surface area contributed by atoms with Gasteiger partial charge in [-0.25, -0.2) is 4.68 Å². The van der Waals surface area contributed by atoms with Crippen LogP contribution in [0.15, 0.2) is 18.9 Å². The first kappa shape index (κ1) is 14.3. The molecule has 6 heteroatoms. The first-order valence-corrected chi connectivity index (χ1v) is 7.82.